The molecule has 0 radical (unpaired) electrons. The van der Waals surface area contributed by atoms with E-state index in [2.05, 4.69) is 0 Å². The number of methoxy groups -OCH3 is 1. The number of hydrogen-bond donors (Lipinski definition) is 4. The molecule has 254 valence electrons. The van der Waals surface area contributed by atoms with Crippen molar-refractivity contribution < 1.29 is 63.4 Å². The minimum Gasteiger partial charge on any atom is -0.507 e. The molecule has 2 aromatic carbocycles. The smallest absolute Gasteiger partial charge is 0.342 e. The number of carboxylic acid groups (broad SMARTS) is 2. The Labute approximate surface area is 275 Å². The van der Waals surface area contributed by atoms with Crippen LogP contribution < -0.4 is 5.56 Å². The third-order valence-corrected chi connectivity index (χ3v) is 10.7. The molecule has 3 aromatic rings. The molecule has 1 aromatic heterocycles. The molecule has 15 nitrogen and oxygen atoms in total. The molecule has 2 bridgehead atoms. The quantitative estimate of drug-likeness (QED) is 0.263. The predicted molar refractivity (Wildman–Crippen MR) is 163 cm³/mol. The fourth-order valence-corrected chi connectivity index (χ4v) is 9.13. The number of aryl methyl sites for hydroxylation is 2. The van der Waals surface area contributed by atoms with E-state index in [9.17, 15) is 49.2 Å². The highest BCUT2D eigenvalue weighted by molar-refractivity contribution is 6.19. The van der Waals surface area contributed by atoms with Gasteiger partial charge in [-0.1, -0.05) is 0 Å². The van der Waals surface area contributed by atoms with E-state index in [0.29, 0.717) is 4.57 Å². The van der Waals surface area contributed by atoms with Crippen molar-refractivity contribution in [1.29, 1.82) is 0 Å². The van der Waals surface area contributed by atoms with Gasteiger partial charge in [-0.2, -0.15) is 0 Å². The first-order chi connectivity index (χ1) is 23.1. The maximum Gasteiger partial charge on any atom is 0.342 e. The highest BCUT2D eigenvalue weighted by atomic mass is 16.6. The first-order valence-corrected chi connectivity index (χ1v) is 15.3. The van der Waals surface area contributed by atoms with E-state index < -0.39 is 118 Å². The van der Waals surface area contributed by atoms with Gasteiger partial charge in [0.15, 0.2) is 11.6 Å². The molecule has 0 saturated heterocycles. The van der Waals surface area contributed by atoms with Crippen molar-refractivity contribution >= 4 is 46.2 Å². The van der Waals surface area contributed by atoms with Crippen molar-refractivity contribution in [2.75, 3.05) is 13.7 Å². The molecule has 1 fully saturated rings. The molecule has 0 amide bonds. The average Bonchev–Trinajstić information content (AvgIpc) is 3.19. The summed E-state index contributed by atoms with van der Waals surface area (Å²) in [5.74, 6) is -10.4. The number of hydrogen-bond acceptors (Lipinski definition) is 12. The number of phenolic OH excluding ortho intramolecular Hbond substituents is 2. The molecule has 7 rings (SSSR count). The van der Waals surface area contributed by atoms with E-state index in [1.54, 1.807) is 6.92 Å². The highest BCUT2D eigenvalue weighted by Gasteiger charge is 2.80. The van der Waals surface area contributed by atoms with Gasteiger partial charge in [-0.25, -0.2) is 9.59 Å². The van der Waals surface area contributed by atoms with Crippen molar-refractivity contribution in [3.05, 3.63) is 67.6 Å². The largest absolute Gasteiger partial charge is 0.507 e. The predicted octanol–water partition coefficient (Wildman–Crippen LogP) is 2.04. The van der Waals surface area contributed by atoms with Gasteiger partial charge < -0.3 is 34.6 Å². The van der Waals surface area contributed by atoms with E-state index in [0.717, 1.165) is 13.1 Å². The molecule has 4 aliphatic rings. The number of rotatable bonds is 7. The Balaban J connectivity index is 1.66. The van der Waals surface area contributed by atoms with Crippen LogP contribution in [-0.4, -0.2) is 80.3 Å². The first-order valence-electron chi connectivity index (χ1n) is 15.3. The first kappa shape index (κ1) is 32.0. The molecular formula is C34H29NO14. The molecule has 0 unspecified atom stereocenters. The number of fused-ring (bicyclic) bond motifs is 4. The maximum atomic E-state index is 15.3. The zero-order valence-electron chi connectivity index (χ0n) is 26.5. The highest BCUT2D eigenvalue weighted by Crippen LogP contribution is 2.70. The Bertz CT molecular complexity index is 2200. The molecule has 3 aliphatic carbocycles. The Morgan fingerprint density at radius 1 is 0.980 bits per heavy atom. The van der Waals surface area contributed by atoms with Crippen LogP contribution in [0.4, 0.5) is 0 Å². The number of carboxylic acids is 2. The number of cyclic esters (lactones) is 1. The number of aromatic nitrogens is 1. The Morgan fingerprint density at radius 2 is 1.65 bits per heavy atom. The SMILES string of the molecule is CO[C@@]12c3c(C)cc(O)c4c(=O)n([C@@H](CCC(=O)O)C(=O)O)cc(c34)C(=O)[C@@H]1[C@]13COC(=O)c4c(O)cc(C)c(c41)C(=O)[C@H]2[C@@H]3OC(C)=O. The molecule has 49 heavy (non-hydrogen) atoms. The summed E-state index contributed by atoms with van der Waals surface area (Å²) in [5, 5.41) is 41.0. The number of pyridine rings is 1. The number of esters is 2. The summed E-state index contributed by atoms with van der Waals surface area (Å²) in [7, 11) is 1.23. The van der Waals surface area contributed by atoms with Gasteiger partial charge in [-0.3, -0.25) is 28.5 Å². The average molecular weight is 676 g/mol. The summed E-state index contributed by atoms with van der Waals surface area (Å²) in [6.45, 7) is 3.58. The molecule has 4 N–H and O–H groups in total. The van der Waals surface area contributed by atoms with Crippen molar-refractivity contribution in [1.82, 2.24) is 4.57 Å². The monoisotopic (exact) mass is 675 g/mol. The van der Waals surface area contributed by atoms with Crippen LogP contribution in [0, 0.1) is 25.7 Å². The van der Waals surface area contributed by atoms with Crippen LogP contribution in [0.2, 0.25) is 0 Å². The lowest BCUT2D eigenvalue weighted by atomic mass is 9.59. The van der Waals surface area contributed by atoms with Crippen LogP contribution in [-0.2, 0) is 39.6 Å². The second kappa shape index (κ2) is 10.2. The molecule has 6 atom stereocenters. The summed E-state index contributed by atoms with van der Waals surface area (Å²) >= 11 is 0. The zero-order valence-corrected chi connectivity index (χ0v) is 26.5. The van der Waals surface area contributed by atoms with Crippen LogP contribution in [0.3, 0.4) is 0 Å². The number of nitrogens with zero attached hydrogens (tertiary/aromatic N) is 1. The lowest BCUT2D eigenvalue weighted by Gasteiger charge is -2.47. The summed E-state index contributed by atoms with van der Waals surface area (Å²) in [6.07, 6.45) is -1.71. The third kappa shape index (κ3) is 3.73. The normalized spacial score (nSPS) is 26.5. The lowest BCUT2D eigenvalue weighted by Crippen LogP contribution is -2.57. The van der Waals surface area contributed by atoms with Crippen molar-refractivity contribution in [2.45, 2.75) is 56.8 Å². The topological polar surface area (TPSA) is 233 Å². The molecule has 2 heterocycles. The Morgan fingerprint density at radius 3 is 2.27 bits per heavy atom. The van der Waals surface area contributed by atoms with Crippen LogP contribution in [0.25, 0.3) is 10.8 Å². The lowest BCUT2D eigenvalue weighted by molar-refractivity contribution is -0.154. The van der Waals surface area contributed by atoms with Crippen molar-refractivity contribution in [3.8, 4) is 11.5 Å². The van der Waals surface area contributed by atoms with Crippen molar-refractivity contribution in [3.63, 3.8) is 0 Å². The standard InChI is InChI=1S/C34H29NO14/c1-11-7-17(38)22-24-19(11)27(42)25-29(49-13(3)36)33(24,10-48-32(22)46)28-26(41)14-9-35(15(31(44)45)5-6-18(39)40)30(43)21-16(37)8-12(2)23(20(14)21)34(25,28)47-4/h7-9,15,25,28-29,37-38H,5-6,10H2,1-4H3,(H,39,40)(H,44,45)/t15-,25-,28+,29-,33-,34+/m0/s1. The van der Waals surface area contributed by atoms with E-state index in [1.165, 1.54) is 26.2 Å². The zero-order chi connectivity index (χ0) is 35.6. The number of ketones is 2. The van der Waals surface area contributed by atoms with Gasteiger partial charge in [0.2, 0.25) is 0 Å². The molecular weight excluding hydrogens is 646 g/mol. The van der Waals surface area contributed by atoms with Crippen LogP contribution >= 0.6 is 0 Å². The van der Waals surface area contributed by atoms with Gasteiger partial charge in [0.25, 0.3) is 5.56 Å². The number of phenols is 2. The van der Waals surface area contributed by atoms with Gasteiger partial charge in [-0.05, 0) is 54.7 Å². The van der Waals surface area contributed by atoms with Crippen molar-refractivity contribution in [2.24, 2.45) is 11.8 Å². The van der Waals surface area contributed by atoms with Gasteiger partial charge in [0.1, 0.15) is 41.4 Å². The minimum atomic E-state index is -2.02. The van der Waals surface area contributed by atoms with E-state index in [4.69, 9.17) is 14.2 Å². The molecule has 15 heteroatoms. The number of aliphatic carboxylic acids is 2. The Hall–Kier alpha value is -5.57. The number of carbonyl (C=O) groups is 6. The number of carbonyl (C=O) groups excluding carboxylic acids is 4. The van der Waals surface area contributed by atoms with E-state index in [-0.39, 0.29) is 38.8 Å². The number of ether oxygens (including phenoxy) is 3. The van der Waals surface area contributed by atoms with Crippen LogP contribution in [0.15, 0.2) is 23.1 Å². The summed E-state index contributed by atoms with van der Waals surface area (Å²) in [4.78, 5) is 94.0. The number of benzene rings is 2. The summed E-state index contributed by atoms with van der Waals surface area (Å²) in [6, 6.07) is 0.654. The fourth-order valence-electron chi connectivity index (χ4n) is 9.13. The number of aromatic hydroxyl groups is 2. The van der Waals surface area contributed by atoms with Crippen LogP contribution in [0.5, 0.6) is 11.5 Å². The summed E-state index contributed by atoms with van der Waals surface area (Å²) < 4.78 is 18.5. The van der Waals surface area contributed by atoms with Gasteiger partial charge >= 0.3 is 23.9 Å². The van der Waals surface area contributed by atoms with Gasteiger partial charge in [0, 0.05) is 43.2 Å². The Kier molecular flexibility index (Phi) is 6.67. The molecule has 1 aliphatic heterocycles. The van der Waals surface area contributed by atoms with Gasteiger partial charge in [0.05, 0.1) is 22.6 Å². The molecule has 1 saturated carbocycles. The maximum absolute atomic E-state index is 15.3. The summed E-state index contributed by atoms with van der Waals surface area (Å²) in [5.41, 5.74) is -4.98. The van der Waals surface area contributed by atoms with Gasteiger partial charge in [-0.15, -0.1) is 0 Å². The second-order valence-corrected chi connectivity index (χ2v) is 13.0. The minimum absolute atomic E-state index is 0.00685. The fraction of sp³-hybridized carbons (Fsp3) is 0.382. The second-order valence-electron chi connectivity index (χ2n) is 13.0. The van der Waals surface area contributed by atoms with Crippen LogP contribution in [0.1, 0.15) is 79.1 Å². The third-order valence-electron chi connectivity index (χ3n) is 10.7. The molecule has 1 spiro atoms. The van der Waals surface area contributed by atoms with E-state index in [1.807, 2.05) is 0 Å². The number of Topliss-reactive ketones (excluding diaryl/α,β-unsaturated/α-hetero) is 2. The van der Waals surface area contributed by atoms with E-state index >= 15 is 4.79 Å².